The van der Waals surface area contributed by atoms with Crippen molar-refractivity contribution in [2.75, 3.05) is 16.9 Å². The molecule has 0 radical (unpaired) electrons. The Morgan fingerprint density at radius 3 is 2.50 bits per heavy atom. The van der Waals surface area contributed by atoms with Crippen LogP contribution in [0, 0.1) is 5.92 Å². The minimum Gasteiger partial charge on any atom is -0.481 e. The minimum absolute atomic E-state index is 0.282. The number of nitrogens with one attached hydrogen (secondary N) is 2. The molecule has 1 saturated carbocycles. The normalized spacial score (nSPS) is 23.1. The SMILES string of the molecule is O=C(O)CC1CCC(c2ccc(N3C=CC4=NC(C(=O)Nc5ccc(Cl)c(Cl)c5)=C[NH+]4C3)cc2)CC1. The van der Waals surface area contributed by atoms with Crippen LogP contribution >= 0.6 is 23.2 Å². The summed E-state index contributed by atoms with van der Waals surface area (Å²) >= 11 is 12.0. The molecule has 2 heterocycles. The molecular formula is C27H27Cl2N4O3+. The molecule has 3 N–H and O–H groups in total. The van der Waals surface area contributed by atoms with Gasteiger partial charge in [0.2, 0.25) is 5.84 Å². The number of fused-ring (bicyclic) bond motifs is 1. The van der Waals surface area contributed by atoms with E-state index in [-0.39, 0.29) is 12.3 Å². The Kier molecular flexibility index (Phi) is 7.14. The second-order valence-corrected chi connectivity index (χ2v) is 10.3. The van der Waals surface area contributed by atoms with E-state index in [2.05, 4.69) is 39.5 Å². The fourth-order valence-corrected chi connectivity index (χ4v) is 5.39. The largest absolute Gasteiger partial charge is 0.481 e. The van der Waals surface area contributed by atoms with Gasteiger partial charge in [-0.25, -0.2) is 4.90 Å². The highest BCUT2D eigenvalue weighted by Gasteiger charge is 2.30. The molecule has 5 rings (SSSR count). The lowest BCUT2D eigenvalue weighted by Gasteiger charge is -2.29. The number of anilines is 2. The van der Waals surface area contributed by atoms with Crippen molar-refractivity contribution in [3.05, 3.63) is 82.2 Å². The third-order valence-corrected chi connectivity index (χ3v) is 7.79. The summed E-state index contributed by atoms with van der Waals surface area (Å²) in [5.41, 5.74) is 3.29. The van der Waals surface area contributed by atoms with E-state index in [0.29, 0.717) is 39.9 Å². The number of carboxylic acids is 1. The smallest absolute Gasteiger partial charge is 0.303 e. The van der Waals surface area contributed by atoms with Crippen molar-refractivity contribution >= 4 is 52.3 Å². The van der Waals surface area contributed by atoms with Crippen LogP contribution in [-0.4, -0.2) is 29.5 Å². The maximum Gasteiger partial charge on any atom is 0.303 e. The van der Waals surface area contributed by atoms with E-state index in [1.54, 1.807) is 18.2 Å². The van der Waals surface area contributed by atoms with Crippen LogP contribution in [0.3, 0.4) is 0 Å². The van der Waals surface area contributed by atoms with Gasteiger partial charge in [-0.1, -0.05) is 35.3 Å². The van der Waals surface area contributed by atoms with Crippen molar-refractivity contribution in [1.82, 2.24) is 0 Å². The first-order valence-electron chi connectivity index (χ1n) is 12.1. The molecule has 1 amide bonds. The molecule has 2 aromatic rings. The van der Waals surface area contributed by atoms with E-state index in [4.69, 9.17) is 28.3 Å². The summed E-state index contributed by atoms with van der Waals surface area (Å²) in [7, 11) is 0. The van der Waals surface area contributed by atoms with Crippen LogP contribution in [0.5, 0.6) is 0 Å². The second-order valence-electron chi connectivity index (χ2n) is 9.49. The average molecular weight is 526 g/mol. The van der Waals surface area contributed by atoms with Gasteiger partial charge in [0.15, 0.2) is 12.4 Å². The van der Waals surface area contributed by atoms with Gasteiger partial charge in [-0.2, -0.15) is 4.99 Å². The first-order valence-corrected chi connectivity index (χ1v) is 12.8. The summed E-state index contributed by atoms with van der Waals surface area (Å²) in [6.45, 7) is 0.624. The molecule has 36 heavy (non-hydrogen) atoms. The predicted molar refractivity (Wildman–Crippen MR) is 141 cm³/mol. The van der Waals surface area contributed by atoms with Gasteiger partial charge < -0.3 is 10.4 Å². The van der Waals surface area contributed by atoms with Crippen molar-refractivity contribution in [2.45, 2.75) is 38.0 Å². The lowest BCUT2D eigenvalue weighted by atomic mass is 9.77. The van der Waals surface area contributed by atoms with Gasteiger partial charge >= 0.3 is 5.97 Å². The number of aliphatic imine (C=N–C) groups is 1. The van der Waals surface area contributed by atoms with E-state index in [9.17, 15) is 9.59 Å². The Hall–Kier alpha value is -3.13. The molecule has 2 aromatic carbocycles. The Balaban J connectivity index is 1.19. The van der Waals surface area contributed by atoms with Gasteiger partial charge in [0.25, 0.3) is 5.91 Å². The maximum absolute atomic E-state index is 12.7. The lowest BCUT2D eigenvalue weighted by molar-refractivity contribution is -0.742. The van der Waals surface area contributed by atoms with E-state index < -0.39 is 5.97 Å². The fourth-order valence-electron chi connectivity index (χ4n) is 5.09. The number of benzene rings is 2. The number of halogens is 2. The zero-order chi connectivity index (χ0) is 25.2. The standard InChI is InChI=1S/C27H26Cl2N4O3/c28-22-10-7-20(14-23(22)29)30-27(36)24-15-33-16-32(12-11-25(33)31-24)21-8-5-19(6-9-21)18-3-1-17(2-4-18)13-26(34)35/h5-12,14-15,17-18H,1-4,13,16H2,(H,30,36)(H,34,35)/p+1. The van der Waals surface area contributed by atoms with Crippen LogP contribution in [0.15, 0.2) is 71.6 Å². The molecule has 1 atom stereocenters. The molecule has 7 nitrogen and oxygen atoms in total. The molecule has 0 aromatic heterocycles. The van der Waals surface area contributed by atoms with Crippen molar-refractivity contribution in [3.63, 3.8) is 0 Å². The molecule has 1 fully saturated rings. The second kappa shape index (κ2) is 10.5. The molecule has 0 saturated heterocycles. The number of quaternary nitrogens is 1. The van der Waals surface area contributed by atoms with Crippen molar-refractivity contribution in [1.29, 1.82) is 0 Å². The average Bonchev–Trinajstić information content (AvgIpc) is 3.30. The van der Waals surface area contributed by atoms with Crippen LogP contribution in [0.4, 0.5) is 11.4 Å². The highest BCUT2D eigenvalue weighted by Crippen LogP contribution is 2.37. The number of rotatable bonds is 6. The van der Waals surface area contributed by atoms with Crippen molar-refractivity contribution < 1.29 is 19.6 Å². The fraction of sp³-hybridized carbons (Fsp3) is 0.296. The molecule has 186 valence electrons. The van der Waals surface area contributed by atoms with Crippen molar-refractivity contribution in [2.24, 2.45) is 10.9 Å². The van der Waals surface area contributed by atoms with Crippen LogP contribution in [0.1, 0.15) is 43.6 Å². The van der Waals surface area contributed by atoms with E-state index >= 15 is 0 Å². The summed E-state index contributed by atoms with van der Waals surface area (Å²) in [6, 6.07) is 13.6. The Morgan fingerprint density at radius 2 is 1.81 bits per heavy atom. The predicted octanol–water partition coefficient (Wildman–Crippen LogP) is 4.81. The first-order chi connectivity index (χ1) is 17.4. The number of nitrogens with zero attached hydrogens (tertiary/aromatic N) is 2. The molecule has 0 bridgehead atoms. The highest BCUT2D eigenvalue weighted by atomic mass is 35.5. The number of carbonyl (C=O) groups excluding carboxylic acids is 1. The van der Waals surface area contributed by atoms with E-state index in [1.165, 1.54) is 5.56 Å². The van der Waals surface area contributed by atoms with Gasteiger partial charge in [-0.15, -0.1) is 0 Å². The quantitative estimate of drug-likeness (QED) is 0.505. The minimum atomic E-state index is -0.695. The number of amides is 1. The monoisotopic (exact) mass is 525 g/mol. The Morgan fingerprint density at radius 1 is 1.06 bits per heavy atom. The van der Waals surface area contributed by atoms with Crippen LogP contribution in [0.2, 0.25) is 10.0 Å². The number of aliphatic carboxylic acids is 1. The summed E-state index contributed by atoms with van der Waals surface area (Å²) in [5, 5.41) is 12.6. The van der Waals surface area contributed by atoms with E-state index in [0.717, 1.165) is 42.1 Å². The third kappa shape index (κ3) is 5.48. The summed E-state index contributed by atoms with van der Waals surface area (Å²) in [4.78, 5) is 31.3. The van der Waals surface area contributed by atoms with E-state index in [1.807, 2.05) is 18.5 Å². The molecule has 9 heteroatoms. The molecule has 1 aliphatic carbocycles. The van der Waals surface area contributed by atoms with Gasteiger partial charge in [0, 0.05) is 30.1 Å². The summed E-state index contributed by atoms with van der Waals surface area (Å²) < 4.78 is 0. The van der Waals surface area contributed by atoms with Crippen LogP contribution < -0.4 is 15.1 Å². The summed E-state index contributed by atoms with van der Waals surface area (Å²) in [5.74, 6) is 0.591. The van der Waals surface area contributed by atoms with Gasteiger partial charge in [0.05, 0.1) is 10.0 Å². The van der Waals surface area contributed by atoms with Crippen LogP contribution in [-0.2, 0) is 9.59 Å². The highest BCUT2D eigenvalue weighted by molar-refractivity contribution is 6.42. The number of carboxylic acid groups (broad SMARTS) is 1. The lowest BCUT2D eigenvalue weighted by Crippen LogP contribution is -3.11. The molecule has 2 aliphatic heterocycles. The van der Waals surface area contributed by atoms with Gasteiger partial charge in [-0.3, -0.25) is 14.5 Å². The maximum atomic E-state index is 12.7. The van der Waals surface area contributed by atoms with Gasteiger partial charge in [0.1, 0.15) is 6.20 Å². The first kappa shape index (κ1) is 24.6. The number of amidine groups is 1. The zero-order valence-electron chi connectivity index (χ0n) is 19.6. The topological polar surface area (TPSA) is 86.4 Å². The zero-order valence-corrected chi connectivity index (χ0v) is 21.1. The molecule has 1 unspecified atom stereocenters. The van der Waals surface area contributed by atoms with Crippen LogP contribution in [0.25, 0.3) is 0 Å². The Bertz CT molecular complexity index is 1260. The molecular weight excluding hydrogens is 499 g/mol. The number of carbonyl (C=O) groups is 2. The molecule has 0 spiro atoms. The summed E-state index contributed by atoms with van der Waals surface area (Å²) in [6.07, 6.45) is 10.0. The Labute approximate surface area is 219 Å². The third-order valence-electron chi connectivity index (χ3n) is 7.05. The van der Waals surface area contributed by atoms with Gasteiger partial charge in [-0.05, 0) is 73.4 Å². The number of hydrogen-bond donors (Lipinski definition) is 3. The van der Waals surface area contributed by atoms with Crippen molar-refractivity contribution in [3.8, 4) is 0 Å². The number of hydrogen-bond acceptors (Lipinski definition) is 4. The molecule has 3 aliphatic rings.